The lowest BCUT2D eigenvalue weighted by atomic mass is 10.0. The van der Waals surface area contributed by atoms with E-state index >= 15 is 0 Å². The molecule has 0 fully saturated rings. The summed E-state index contributed by atoms with van der Waals surface area (Å²) in [4.78, 5) is 2.17. The second-order valence-corrected chi connectivity index (χ2v) is 7.03. The molecular formula is C19H28N4. The first-order valence-electron chi connectivity index (χ1n) is 8.53. The van der Waals surface area contributed by atoms with Crippen LogP contribution in [0.2, 0.25) is 0 Å². The Morgan fingerprint density at radius 2 is 2.04 bits per heavy atom. The number of aromatic nitrogens is 2. The highest BCUT2D eigenvalue weighted by Crippen LogP contribution is 2.32. The Morgan fingerprint density at radius 3 is 2.74 bits per heavy atom. The number of benzene rings is 1. The van der Waals surface area contributed by atoms with Crippen LogP contribution in [0.3, 0.4) is 0 Å². The lowest BCUT2D eigenvalue weighted by Crippen LogP contribution is -2.22. The minimum absolute atomic E-state index is 0.433. The lowest BCUT2D eigenvalue weighted by Gasteiger charge is -2.19. The first-order valence-corrected chi connectivity index (χ1v) is 8.53. The molecule has 2 aromatic rings. The van der Waals surface area contributed by atoms with Crippen LogP contribution in [0.15, 0.2) is 24.3 Å². The fourth-order valence-electron chi connectivity index (χ4n) is 3.77. The molecule has 124 valence electrons. The molecule has 1 N–H and O–H groups in total. The monoisotopic (exact) mass is 312 g/mol. The van der Waals surface area contributed by atoms with Crippen LogP contribution in [-0.2, 0) is 20.0 Å². The molecular weight excluding hydrogens is 284 g/mol. The van der Waals surface area contributed by atoms with E-state index in [4.69, 9.17) is 5.10 Å². The molecule has 0 unspecified atom stereocenters. The maximum absolute atomic E-state index is 4.76. The highest BCUT2D eigenvalue weighted by atomic mass is 15.4. The van der Waals surface area contributed by atoms with Gasteiger partial charge in [0.2, 0.25) is 0 Å². The largest absolute Gasteiger partial charge is 0.363 e. The fourth-order valence-corrected chi connectivity index (χ4v) is 3.77. The molecule has 1 heterocycles. The normalized spacial score (nSPS) is 16.9. The number of hydrogen-bond acceptors (Lipinski definition) is 3. The van der Waals surface area contributed by atoms with Crippen molar-refractivity contribution in [3.63, 3.8) is 0 Å². The number of nitrogens with one attached hydrogen (secondary N) is 1. The van der Waals surface area contributed by atoms with Gasteiger partial charge < -0.3 is 10.2 Å². The SMILES string of the molecule is CC(C)c1nn(C)c(N(C)C)c1CN[C@@H]1CCc2ccccc21. The Bertz CT molecular complexity index is 685. The van der Waals surface area contributed by atoms with E-state index in [0.29, 0.717) is 12.0 Å². The number of rotatable bonds is 5. The summed E-state index contributed by atoms with van der Waals surface area (Å²) in [5.74, 6) is 1.63. The fraction of sp³-hybridized carbons (Fsp3) is 0.526. The molecule has 0 radical (unpaired) electrons. The van der Waals surface area contributed by atoms with Gasteiger partial charge in [0.15, 0.2) is 0 Å². The molecule has 1 aromatic heterocycles. The average Bonchev–Trinajstić information content (AvgIpc) is 3.06. The summed E-state index contributed by atoms with van der Waals surface area (Å²) in [6.45, 7) is 5.31. The van der Waals surface area contributed by atoms with E-state index in [2.05, 4.69) is 62.4 Å². The van der Waals surface area contributed by atoms with E-state index in [0.717, 1.165) is 6.54 Å². The summed E-state index contributed by atoms with van der Waals surface area (Å²) < 4.78 is 2.01. The van der Waals surface area contributed by atoms with Crippen LogP contribution in [0, 0.1) is 0 Å². The quantitative estimate of drug-likeness (QED) is 0.919. The van der Waals surface area contributed by atoms with Gasteiger partial charge in [-0.05, 0) is 29.9 Å². The summed E-state index contributed by atoms with van der Waals surface area (Å²) in [6.07, 6.45) is 2.37. The Balaban J connectivity index is 1.83. The molecule has 1 aliphatic rings. The maximum Gasteiger partial charge on any atom is 0.130 e. The zero-order valence-electron chi connectivity index (χ0n) is 14.9. The highest BCUT2D eigenvalue weighted by molar-refractivity contribution is 5.50. The second kappa shape index (κ2) is 6.36. The van der Waals surface area contributed by atoms with Gasteiger partial charge in [0.05, 0.1) is 5.69 Å². The van der Waals surface area contributed by atoms with Gasteiger partial charge in [0.25, 0.3) is 0 Å². The zero-order valence-corrected chi connectivity index (χ0v) is 14.9. The number of aryl methyl sites for hydroxylation is 2. The third kappa shape index (κ3) is 3.00. The maximum atomic E-state index is 4.76. The lowest BCUT2D eigenvalue weighted by molar-refractivity contribution is 0.527. The summed E-state index contributed by atoms with van der Waals surface area (Å²) in [6, 6.07) is 9.27. The van der Waals surface area contributed by atoms with E-state index < -0.39 is 0 Å². The first kappa shape index (κ1) is 16.1. The third-order valence-corrected chi connectivity index (χ3v) is 4.77. The van der Waals surface area contributed by atoms with Crippen molar-refractivity contribution in [1.82, 2.24) is 15.1 Å². The smallest absolute Gasteiger partial charge is 0.130 e. The molecule has 4 nitrogen and oxygen atoms in total. The Hall–Kier alpha value is -1.81. The molecule has 4 heteroatoms. The van der Waals surface area contributed by atoms with Crippen LogP contribution in [0.5, 0.6) is 0 Å². The topological polar surface area (TPSA) is 33.1 Å². The van der Waals surface area contributed by atoms with Crippen molar-refractivity contribution in [2.24, 2.45) is 7.05 Å². The van der Waals surface area contributed by atoms with Crippen LogP contribution >= 0.6 is 0 Å². The van der Waals surface area contributed by atoms with Crippen molar-refractivity contribution in [2.75, 3.05) is 19.0 Å². The molecule has 1 atom stereocenters. The Morgan fingerprint density at radius 1 is 1.30 bits per heavy atom. The Kier molecular flexibility index (Phi) is 4.44. The summed E-state index contributed by atoms with van der Waals surface area (Å²) in [7, 11) is 6.22. The standard InChI is InChI=1S/C19H28N4/c1-13(2)18-16(19(22(3)4)23(5)21-18)12-20-17-11-10-14-8-6-7-9-15(14)17/h6-9,13,17,20H,10-12H2,1-5H3/t17-/m1/s1. The van der Waals surface area contributed by atoms with E-state index in [1.807, 2.05) is 11.7 Å². The molecule has 1 aromatic carbocycles. The molecule has 0 saturated heterocycles. The summed E-state index contributed by atoms with van der Waals surface area (Å²) in [5, 5.41) is 8.53. The number of anilines is 1. The van der Waals surface area contributed by atoms with Crippen LogP contribution in [0.4, 0.5) is 5.82 Å². The van der Waals surface area contributed by atoms with Crippen molar-refractivity contribution in [3.05, 3.63) is 46.6 Å². The van der Waals surface area contributed by atoms with Crippen LogP contribution in [0.25, 0.3) is 0 Å². The van der Waals surface area contributed by atoms with Crippen LogP contribution in [0.1, 0.15) is 54.6 Å². The second-order valence-electron chi connectivity index (χ2n) is 7.03. The van der Waals surface area contributed by atoms with E-state index in [9.17, 15) is 0 Å². The van der Waals surface area contributed by atoms with E-state index in [1.165, 1.54) is 41.0 Å². The molecule has 0 amide bonds. The predicted octanol–water partition coefficient (Wildman–Crippen LogP) is 3.39. The molecule has 0 saturated carbocycles. The minimum atomic E-state index is 0.433. The number of fused-ring (bicyclic) bond motifs is 1. The third-order valence-electron chi connectivity index (χ3n) is 4.77. The van der Waals surface area contributed by atoms with Gasteiger partial charge in [-0.25, -0.2) is 0 Å². The summed E-state index contributed by atoms with van der Waals surface area (Å²) in [5.41, 5.74) is 5.49. The summed E-state index contributed by atoms with van der Waals surface area (Å²) >= 11 is 0. The van der Waals surface area contributed by atoms with Crippen molar-refractivity contribution in [3.8, 4) is 0 Å². The highest BCUT2D eigenvalue weighted by Gasteiger charge is 2.24. The van der Waals surface area contributed by atoms with Gasteiger partial charge in [0, 0.05) is 39.3 Å². The van der Waals surface area contributed by atoms with Crippen molar-refractivity contribution >= 4 is 5.82 Å². The van der Waals surface area contributed by atoms with Gasteiger partial charge in [-0.3, -0.25) is 4.68 Å². The predicted molar refractivity (Wildman–Crippen MR) is 96.0 cm³/mol. The minimum Gasteiger partial charge on any atom is -0.363 e. The van der Waals surface area contributed by atoms with Crippen LogP contribution in [-0.4, -0.2) is 23.9 Å². The molecule has 3 rings (SSSR count). The molecule has 1 aliphatic carbocycles. The number of nitrogens with zero attached hydrogens (tertiary/aromatic N) is 3. The van der Waals surface area contributed by atoms with Gasteiger partial charge in [-0.1, -0.05) is 38.1 Å². The average molecular weight is 312 g/mol. The number of hydrogen-bond donors (Lipinski definition) is 1. The first-order chi connectivity index (χ1) is 11.0. The van der Waals surface area contributed by atoms with Crippen molar-refractivity contribution < 1.29 is 0 Å². The van der Waals surface area contributed by atoms with Gasteiger partial charge in [0.1, 0.15) is 5.82 Å². The van der Waals surface area contributed by atoms with Crippen molar-refractivity contribution in [1.29, 1.82) is 0 Å². The Labute approximate surface area is 139 Å². The van der Waals surface area contributed by atoms with Gasteiger partial charge in [-0.15, -0.1) is 0 Å². The molecule has 23 heavy (non-hydrogen) atoms. The van der Waals surface area contributed by atoms with Crippen molar-refractivity contribution in [2.45, 2.75) is 45.2 Å². The van der Waals surface area contributed by atoms with E-state index in [-0.39, 0.29) is 0 Å². The molecule has 0 spiro atoms. The molecule has 0 aliphatic heterocycles. The zero-order chi connectivity index (χ0) is 16.6. The van der Waals surface area contributed by atoms with Crippen LogP contribution < -0.4 is 10.2 Å². The van der Waals surface area contributed by atoms with Gasteiger partial charge in [-0.2, -0.15) is 5.10 Å². The van der Waals surface area contributed by atoms with Gasteiger partial charge >= 0.3 is 0 Å². The van der Waals surface area contributed by atoms with E-state index in [1.54, 1.807) is 0 Å². The molecule has 0 bridgehead atoms.